The Bertz CT molecular complexity index is 464. The Kier molecular flexibility index (Phi) is 6.87. The van der Waals surface area contributed by atoms with Gasteiger partial charge in [0.2, 0.25) is 5.82 Å². The van der Waals surface area contributed by atoms with Gasteiger partial charge in [0.05, 0.1) is 11.0 Å². The van der Waals surface area contributed by atoms with Crippen LogP contribution in [0.3, 0.4) is 0 Å². The third-order valence-electron chi connectivity index (χ3n) is 3.50. The van der Waals surface area contributed by atoms with Crippen LogP contribution in [0.2, 0.25) is 0 Å². The van der Waals surface area contributed by atoms with Gasteiger partial charge in [-0.25, -0.2) is 4.98 Å². The summed E-state index contributed by atoms with van der Waals surface area (Å²) < 4.78 is 0. The highest BCUT2D eigenvalue weighted by atomic mass is 16.6. The highest BCUT2D eigenvalue weighted by Gasteiger charge is 2.19. The van der Waals surface area contributed by atoms with Gasteiger partial charge in [0.25, 0.3) is 0 Å². The molecule has 21 heavy (non-hydrogen) atoms. The molecule has 0 fully saturated rings. The summed E-state index contributed by atoms with van der Waals surface area (Å²) in [6.45, 7) is 6.89. The number of nitrogens with zero attached hydrogens (tertiary/aromatic N) is 2. The number of hydrogen-bond acceptors (Lipinski definition) is 6. The van der Waals surface area contributed by atoms with Crippen molar-refractivity contribution in [2.75, 3.05) is 23.7 Å². The van der Waals surface area contributed by atoms with E-state index in [1.807, 2.05) is 20.8 Å². The molecule has 118 valence electrons. The second kappa shape index (κ2) is 8.41. The van der Waals surface area contributed by atoms with Crippen LogP contribution < -0.4 is 10.6 Å². The lowest BCUT2D eigenvalue weighted by atomic mass is 9.96. The Hall–Kier alpha value is -1.89. The summed E-state index contributed by atoms with van der Waals surface area (Å²) in [5.41, 5.74) is -0.0894. The zero-order chi connectivity index (χ0) is 15.8. The van der Waals surface area contributed by atoms with E-state index >= 15 is 0 Å². The van der Waals surface area contributed by atoms with Crippen molar-refractivity contribution in [3.05, 3.63) is 22.2 Å². The maximum absolute atomic E-state index is 11.0. The minimum atomic E-state index is -0.552. The molecule has 0 radical (unpaired) electrons. The van der Waals surface area contributed by atoms with Crippen molar-refractivity contribution in [3.8, 4) is 0 Å². The SMILES string of the molecule is CCNc1ccc([N+](=O)[O-])c(NCC(O)C(CC)CC)n1. The molecular weight excluding hydrogens is 272 g/mol. The van der Waals surface area contributed by atoms with Crippen LogP contribution in [0, 0.1) is 16.0 Å². The molecule has 0 amide bonds. The molecule has 0 spiro atoms. The van der Waals surface area contributed by atoms with Gasteiger partial charge in [-0.05, 0) is 18.9 Å². The minimum absolute atomic E-state index is 0.0894. The van der Waals surface area contributed by atoms with Crippen molar-refractivity contribution in [3.63, 3.8) is 0 Å². The molecule has 1 rings (SSSR count). The van der Waals surface area contributed by atoms with Crippen LogP contribution in [0.15, 0.2) is 12.1 Å². The maximum Gasteiger partial charge on any atom is 0.311 e. The quantitative estimate of drug-likeness (QED) is 0.478. The second-order valence-corrected chi connectivity index (χ2v) is 4.88. The minimum Gasteiger partial charge on any atom is -0.391 e. The second-order valence-electron chi connectivity index (χ2n) is 4.88. The lowest BCUT2D eigenvalue weighted by Crippen LogP contribution is -2.28. The first kappa shape index (κ1) is 17.2. The van der Waals surface area contributed by atoms with Gasteiger partial charge in [0.1, 0.15) is 5.82 Å². The Balaban J connectivity index is 2.84. The van der Waals surface area contributed by atoms with Gasteiger partial charge in [0, 0.05) is 19.2 Å². The fourth-order valence-electron chi connectivity index (χ4n) is 2.21. The Morgan fingerprint density at radius 3 is 2.48 bits per heavy atom. The lowest BCUT2D eigenvalue weighted by Gasteiger charge is -2.20. The van der Waals surface area contributed by atoms with Crippen molar-refractivity contribution in [1.82, 2.24) is 4.98 Å². The third-order valence-corrected chi connectivity index (χ3v) is 3.50. The number of anilines is 2. The number of aliphatic hydroxyl groups is 1. The fourth-order valence-corrected chi connectivity index (χ4v) is 2.21. The molecule has 1 unspecified atom stereocenters. The van der Waals surface area contributed by atoms with E-state index in [1.54, 1.807) is 6.07 Å². The van der Waals surface area contributed by atoms with Crippen molar-refractivity contribution in [2.24, 2.45) is 5.92 Å². The zero-order valence-electron chi connectivity index (χ0n) is 12.8. The zero-order valence-corrected chi connectivity index (χ0v) is 12.8. The first-order chi connectivity index (χ1) is 10.0. The van der Waals surface area contributed by atoms with E-state index in [0.717, 1.165) is 12.8 Å². The van der Waals surface area contributed by atoms with Crippen LogP contribution in [0.5, 0.6) is 0 Å². The smallest absolute Gasteiger partial charge is 0.311 e. The summed E-state index contributed by atoms with van der Waals surface area (Å²) in [7, 11) is 0. The van der Waals surface area contributed by atoms with Gasteiger partial charge < -0.3 is 15.7 Å². The Morgan fingerprint density at radius 1 is 1.29 bits per heavy atom. The van der Waals surface area contributed by atoms with Crippen molar-refractivity contribution in [2.45, 2.75) is 39.7 Å². The molecule has 0 saturated heterocycles. The third kappa shape index (κ3) is 4.86. The summed E-state index contributed by atoms with van der Waals surface area (Å²) in [6, 6.07) is 2.99. The number of nitrogens with one attached hydrogen (secondary N) is 2. The van der Waals surface area contributed by atoms with E-state index in [4.69, 9.17) is 0 Å². The molecule has 1 heterocycles. The van der Waals surface area contributed by atoms with E-state index in [-0.39, 0.29) is 24.0 Å². The van der Waals surface area contributed by atoms with E-state index in [0.29, 0.717) is 12.4 Å². The van der Waals surface area contributed by atoms with Gasteiger partial charge in [-0.3, -0.25) is 10.1 Å². The van der Waals surface area contributed by atoms with Crippen molar-refractivity contribution < 1.29 is 10.0 Å². The first-order valence-electron chi connectivity index (χ1n) is 7.34. The fraction of sp³-hybridized carbons (Fsp3) is 0.643. The number of hydrogen-bond donors (Lipinski definition) is 3. The lowest BCUT2D eigenvalue weighted by molar-refractivity contribution is -0.384. The number of pyridine rings is 1. The van der Waals surface area contributed by atoms with Gasteiger partial charge >= 0.3 is 5.69 Å². The van der Waals surface area contributed by atoms with Crippen LogP contribution in [-0.2, 0) is 0 Å². The summed E-state index contributed by atoms with van der Waals surface area (Å²) in [5, 5.41) is 27.0. The van der Waals surface area contributed by atoms with Crippen LogP contribution in [-0.4, -0.2) is 34.2 Å². The molecule has 3 N–H and O–H groups in total. The van der Waals surface area contributed by atoms with Gasteiger partial charge in [-0.15, -0.1) is 0 Å². The molecule has 0 aliphatic carbocycles. The predicted octanol–water partition coefficient (Wildman–Crippen LogP) is 2.63. The topological polar surface area (TPSA) is 100 Å². The normalized spacial score (nSPS) is 12.2. The highest BCUT2D eigenvalue weighted by molar-refractivity contribution is 5.60. The molecule has 0 aromatic carbocycles. The van der Waals surface area contributed by atoms with Crippen LogP contribution in [0.4, 0.5) is 17.3 Å². The molecule has 0 aliphatic rings. The highest BCUT2D eigenvalue weighted by Crippen LogP contribution is 2.24. The van der Waals surface area contributed by atoms with Crippen molar-refractivity contribution in [1.29, 1.82) is 0 Å². The molecule has 7 nitrogen and oxygen atoms in total. The molecule has 7 heteroatoms. The standard InChI is InChI=1S/C14H24N4O3/c1-4-10(5-2)12(19)9-16-14-11(18(20)21)7-8-13(17-14)15-6-3/h7-8,10,12,19H,4-6,9H2,1-3H3,(H2,15,16,17). The van der Waals surface area contributed by atoms with E-state index in [1.165, 1.54) is 6.07 Å². The predicted molar refractivity (Wildman–Crippen MR) is 83.6 cm³/mol. The monoisotopic (exact) mass is 296 g/mol. The van der Waals surface area contributed by atoms with Crippen molar-refractivity contribution >= 4 is 17.3 Å². The molecule has 1 aromatic heterocycles. The van der Waals surface area contributed by atoms with E-state index in [2.05, 4.69) is 15.6 Å². The first-order valence-corrected chi connectivity index (χ1v) is 7.34. The van der Waals surface area contributed by atoms with Gasteiger partial charge in [-0.1, -0.05) is 26.7 Å². The molecular formula is C14H24N4O3. The number of aliphatic hydroxyl groups excluding tert-OH is 1. The van der Waals surface area contributed by atoms with Crippen LogP contribution in [0.1, 0.15) is 33.6 Å². The Morgan fingerprint density at radius 2 is 1.95 bits per heavy atom. The van der Waals surface area contributed by atoms with E-state index in [9.17, 15) is 15.2 Å². The molecule has 0 saturated carbocycles. The Labute approximate surface area is 124 Å². The number of rotatable bonds is 9. The number of aromatic nitrogens is 1. The number of nitro groups is 1. The van der Waals surface area contributed by atoms with Crippen LogP contribution in [0.25, 0.3) is 0 Å². The maximum atomic E-state index is 11.0. The summed E-state index contributed by atoms with van der Waals surface area (Å²) in [5.74, 6) is 0.930. The van der Waals surface area contributed by atoms with Gasteiger partial charge in [-0.2, -0.15) is 0 Å². The largest absolute Gasteiger partial charge is 0.391 e. The van der Waals surface area contributed by atoms with Gasteiger partial charge in [0.15, 0.2) is 0 Å². The average Bonchev–Trinajstić information content (AvgIpc) is 2.46. The summed E-state index contributed by atoms with van der Waals surface area (Å²) in [6.07, 6.45) is 1.18. The van der Waals surface area contributed by atoms with E-state index < -0.39 is 11.0 Å². The molecule has 0 bridgehead atoms. The molecule has 1 aromatic rings. The molecule has 1 atom stereocenters. The average molecular weight is 296 g/mol. The summed E-state index contributed by atoms with van der Waals surface area (Å²) in [4.78, 5) is 14.7. The molecule has 0 aliphatic heterocycles. The van der Waals surface area contributed by atoms with Crippen LogP contribution >= 0.6 is 0 Å². The summed E-state index contributed by atoms with van der Waals surface area (Å²) >= 11 is 0.